The molecule has 0 unspecified atom stereocenters. The monoisotopic (exact) mass is 271 g/mol. The highest BCUT2D eigenvalue weighted by Gasteiger charge is 2.45. The highest BCUT2D eigenvalue weighted by atomic mass is 16.5. The topological polar surface area (TPSA) is 29.5 Å². The maximum absolute atomic E-state index is 12.5. The standard InChI is InChI=1S/C17H21NO2/c1-2-11-20-12-5-8-17(19)18-15-9-10-16(18)14-7-4-3-6-13(14)15/h2-4,6-7,15-16H,1,5,8-12H2/t15-,16-/m0/s1. The normalized spacial score (nSPS) is 22.9. The molecule has 0 spiro atoms. The molecule has 0 saturated carbocycles. The van der Waals surface area contributed by atoms with Crippen LogP contribution in [-0.4, -0.2) is 24.0 Å². The zero-order chi connectivity index (χ0) is 13.9. The van der Waals surface area contributed by atoms with E-state index in [1.807, 2.05) is 0 Å². The first kappa shape index (κ1) is 13.4. The van der Waals surface area contributed by atoms with Crippen LogP contribution in [0.1, 0.15) is 48.9 Å². The SMILES string of the molecule is C=CCOCCCC(=O)N1[C@H]2CC[C@H]1c1ccccc12. The highest BCUT2D eigenvalue weighted by Crippen LogP contribution is 2.53. The molecule has 1 saturated heterocycles. The highest BCUT2D eigenvalue weighted by molar-refractivity contribution is 5.79. The third kappa shape index (κ3) is 2.27. The predicted octanol–water partition coefficient (Wildman–Crippen LogP) is 3.39. The van der Waals surface area contributed by atoms with Gasteiger partial charge in [-0.05, 0) is 30.4 Å². The summed E-state index contributed by atoms with van der Waals surface area (Å²) in [5, 5.41) is 0. The van der Waals surface area contributed by atoms with Crippen molar-refractivity contribution in [2.75, 3.05) is 13.2 Å². The molecule has 2 aliphatic heterocycles. The summed E-state index contributed by atoms with van der Waals surface area (Å²) < 4.78 is 5.34. The summed E-state index contributed by atoms with van der Waals surface area (Å²) >= 11 is 0. The summed E-state index contributed by atoms with van der Waals surface area (Å²) in [4.78, 5) is 14.6. The summed E-state index contributed by atoms with van der Waals surface area (Å²) in [6.07, 6.45) is 5.33. The average molecular weight is 271 g/mol. The molecule has 1 fully saturated rings. The Labute approximate surface area is 120 Å². The van der Waals surface area contributed by atoms with Crippen molar-refractivity contribution < 1.29 is 9.53 Å². The average Bonchev–Trinajstić information content (AvgIpc) is 3.04. The quantitative estimate of drug-likeness (QED) is 0.586. The van der Waals surface area contributed by atoms with Crippen molar-refractivity contribution in [3.63, 3.8) is 0 Å². The molecule has 0 aromatic heterocycles. The van der Waals surface area contributed by atoms with Crippen molar-refractivity contribution in [3.05, 3.63) is 48.0 Å². The first-order chi connectivity index (χ1) is 9.83. The minimum Gasteiger partial charge on any atom is -0.377 e. The van der Waals surface area contributed by atoms with E-state index in [0.717, 1.165) is 19.3 Å². The van der Waals surface area contributed by atoms with Crippen LogP contribution in [0, 0.1) is 0 Å². The fourth-order valence-corrected chi connectivity index (χ4v) is 3.51. The van der Waals surface area contributed by atoms with Gasteiger partial charge in [0.1, 0.15) is 0 Å². The lowest BCUT2D eigenvalue weighted by molar-refractivity contribution is -0.133. The van der Waals surface area contributed by atoms with Crippen LogP contribution in [0.4, 0.5) is 0 Å². The molecule has 0 radical (unpaired) electrons. The van der Waals surface area contributed by atoms with Crippen molar-refractivity contribution in [2.24, 2.45) is 0 Å². The Morgan fingerprint density at radius 3 is 2.55 bits per heavy atom. The van der Waals surface area contributed by atoms with E-state index in [1.54, 1.807) is 6.08 Å². The Kier molecular flexibility index (Phi) is 3.88. The molecule has 2 heterocycles. The second-order valence-electron chi connectivity index (χ2n) is 5.51. The molecule has 3 heteroatoms. The molecule has 1 aromatic carbocycles. The van der Waals surface area contributed by atoms with Crippen LogP contribution in [0.2, 0.25) is 0 Å². The lowest BCUT2D eigenvalue weighted by atomic mass is 9.92. The number of ether oxygens (including phenoxy) is 1. The number of benzene rings is 1. The number of nitrogens with zero attached hydrogens (tertiary/aromatic N) is 1. The smallest absolute Gasteiger partial charge is 0.223 e. The zero-order valence-corrected chi connectivity index (χ0v) is 11.8. The van der Waals surface area contributed by atoms with Crippen LogP contribution in [0.5, 0.6) is 0 Å². The van der Waals surface area contributed by atoms with Gasteiger partial charge in [-0.3, -0.25) is 4.79 Å². The molecule has 2 aliphatic rings. The Morgan fingerprint density at radius 2 is 1.95 bits per heavy atom. The third-order valence-electron chi connectivity index (χ3n) is 4.30. The number of carbonyl (C=O) groups is 1. The van der Waals surface area contributed by atoms with Crippen LogP contribution >= 0.6 is 0 Å². The van der Waals surface area contributed by atoms with E-state index in [-0.39, 0.29) is 5.91 Å². The molecule has 20 heavy (non-hydrogen) atoms. The second-order valence-corrected chi connectivity index (χ2v) is 5.51. The number of amides is 1. The van der Waals surface area contributed by atoms with E-state index in [2.05, 4.69) is 35.7 Å². The summed E-state index contributed by atoms with van der Waals surface area (Å²) in [5.74, 6) is 0.274. The maximum atomic E-state index is 12.5. The van der Waals surface area contributed by atoms with E-state index in [4.69, 9.17) is 4.74 Å². The largest absolute Gasteiger partial charge is 0.377 e. The third-order valence-corrected chi connectivity index (χ3v) is 4.30. The van der Waals surface area contributed by atoms with E-state index >= 15 is 0 Å². The van der Waals surface area contributed by atoms with Crippen molar-refractivity contribution >= 4 is 5.91 Å². The zero-order valence-electron chi connectivity index (χ0n) is 11.8. The van der Waals surface area contributed by atoms with Gasteiger partial charge in [-0.2, -0.15) is 0 Å². The van der Waals surface area contributed by atoms with E-state index in [1.165, 1.54) is 11.1 Å². The molecule has 1 aromatic rings. The van der Waals surface area contributed by atoms with Crippen LogP contribution in [0.3, 0.4) is 0 Å². The summed E-state index contributed by atoms with van der Waals surface area (Å²) in [5.41, 5.74) is 2.72. The first-order valence-corrected chi connectivity index (χ1v) is 7.41. The van der Waals surface area contributed by atoms with Gasteiger partial charge in [0.25, 0.3) is 0 Å². The van der Waals surface area contributed by atoms with E-state index in [0.29, 0.717) is 31.7 Å². The van der Waals surface area contributed by atoms with Crippen LogP contribution in [0.25, 0.3) is 0 Å². The van der Waals surface area contributed by atoms with Gasteiger partial charge in [-0.15, -0.1) is 6.58 Å². The number of carbonyl (C=O) groups excluding carboxylic acids is 1. The molecule has 3 rings (SSSR count). The molecule has 106 valence electrons. The van der Waals surface area contributed by atoms with Crippen molar-refractivity contribution in [1.82, 2.24) is 4.90 Å². The van der Waals surface area contributed by atoms with Crippen molar-refractivity contribution in [1.29, 1.82) is 0 Å². The van der Waals surface area contributed by atoms with Gasteiger partial charge in [0.15, 0.2) is 0 Å². The van der Waals surface area contributed by atoms with Gasteiger partial charge in [0.05, 0.1) is 18.7 Å². The van der Waals surface area contributed by atoms with Gasteiger partial charge in [0.2, 0.25) is 5.91 Å². The van der Waals surface area contributed by atoms with Gasteiger partial charge < -0.3 is 9.64 Å². The fraction of sp³-hybridized carbons (Fsp3) is 0.471. The number of hydrogen-bond acceptors (Lipinski definition) is 2. The van der Waals surface area contributed by atoms with Crippen molar-refractivity contribution in [2.45, 2.75) is 37.8 Å². The predicted molar refractivity (Wildman–Crippen MR) is 78.3 cm³/mol. The van der Waals surface area contributed by atoms with Crippen LogP contribution in [0.15, 0.2) is 36.9 Å². The Balaban J connectivity index is 1.59. The van der Waals surface area contributed by atoms with Gasteiger partial charge in [0, 0.05) is 13.0 Å². The van der Waals surface area contributed by atoms with E-state index < -0.39 is 0 Å². The van der Waals surface area contributed by atoms with Gasteiger partial charge >= 0.3 is 0 Å². The fourth-order valence-electron chi connectivity index (χ4n) is 3.51. The molecule has 0 aliphatic carbocycles. The van der Waals surface area contributed by atoms with Gasteiger partial charge in [-0.25, -0.2) is 0 Å². The molecule has 2 bridgehead atoms. The van der Waals surface area contributed by atoms with Crippen molar-refractivity contribution in [3.8, 4) is 0 Å². The molecule has 2 atom stereocenters. The Hall–Kier alpha value is -1.61. The molecule has 3 nitrogen and oxygen atoms in total. The number of hydrogen-bond donors (Lipinski definition) is 0. The van der Waals surface area contributed by atoms with Crippen LogP contribution < -0.4 is 0 Å². The Morgan fingerprint density at radius 1 is 1.30 bits per heavy atom. The van der Waals surface area contributed by atoms with Crippen LogP contribution in [-0.2, 0) is 9.53 Å². The van der Waals surface area contributed by atoms with E-state index in [9.17, 15) is 4.79 Å². The lowest BCUT2D eigenvalue weighted by Crippen LogP contribution is -2.27. The minimum absolute atomic E-state index is 0.274. The molecule has 0 N–H and O–H groups in total. The van der Waals surface area contributed by atoms with Gasteiger partial charge in [-0.1, -0.05) is 30.3 Å². The first-order valence-electron chi connectivity index (χ1n) is 7.41. The summed E-state index contributed by atoms with van der Waals surface area (Å²) in [6.45, 7) is 4.80. The number of fused-ring (bicyclic) bond motifs is 5. The summed E-state index contributed by atoms with van der Waals surface area (Å²) in [6, 6.07) is 9.13. The maximum Gasteiger partial charge on any atom is 0.223 e. The second kappa shape index (κ2) is 5.80. The number of rotatable bonds is 6. The minimum atomic E-state index is 0.274. The Bertz CT molecular complexity index is 480. The summed E-state index contributed by atoms with van der Waals surface area (Å²) in [7, 11) is 0. The molecular weight excluding hydrogens is 250 g/mol. The molecular formula is C17H21NO2. The lowest BCUT2D eigenvalue weighted by Gasteiger charge is -2.22. The molecule has 1 amide bonds.